The van der Waals surface area contributed by atoms with Gasteiger partial charge in [0.25, 0.3) is 5.91 Å². The monoisotopic (exact) mass is 472 g/mol. The Balaban J connectivity index is 0.00000338. The molecule has 0 saturated heterocycles. The predicted molar refractivity (Wildman–Crippen MR) is 112 cm³/mol. The zero-order valence-electron chi connectivity index (χ0n) is 14.7. The largest absolute Gasteiger partial charge is 0.492 e. The van der Waals surface area contributed by atoms with Gasteiger partial charge in [0.2, 0.25) is 0 Å². The number of carbonyl (C=O) groups excluding carboxylic acids is 1. The van der Waals surface area contributed by atoms with Gasteiger partial charge >= 0.3 is 0 Å². The van der Waals surface area contributed by atoms with Crippen molar-refractivity contribution in [2.45, 2.75) is 6.92 Å². The van der Waals surface area contributed by atoms with Crippen LogP contribution in [-0.4, -0.2) is 44.7 Å². The van der Waals surface area contributed by atoms with Gasteiger partial charge in [0, 0.05) is 13.1 Å². The number of guanidine groups is 1. The maximum atomic E-state index is 11.7. The molecule has 0 saturated carbocycles. The zero-order valence-corrected chi connectivity index (χ0v) is 17.1. The summed E-state index contributed by atoms with van der Waals surface area (Å²) >= 11 is 0. The summed E-state index contributed by atoms with van der Waals surface area (Å²) in [7, 11) is 0. The molecule has 7 nitrogen and oxygen atoms in total. The fourth-order valence-corrected chi connectivity index (χ4v) is 2.03. The van der Waals surface area contributed by atoms with Crippen LogP contribution in [0.5, 0.6) is 5.75 Å². The third-order valence-corrected chi connectivity index (χ3v) is 3.16. The molecule has 2 aromatic rings. The number of benzene rings is 1. The van der Waals surface area contributed by atoms with Crippen LogP contribution in [0.3, 0.4) is 0 Å². The van der Waals surface area contributed by atoms with E-state index in [-0.39, 0.29) is 29.9 Å². The number of nitrogens with zero attached hydrogens (tertiary/aromatic N) is 1. The number of rotatable bonds is 9. The van der Waals surface area contributed by atoms with Crippen molar-refractivity contribution in [2.24, 2.45) is 4.99 Å². The van der Waals surface area contributed by atoms with Gasteiger partial charge in [-0.3, -0.25) is 9.79 Å². The molecule has 0 unspecified atom stereocenters. The number of para-hydroxylation sites is 1. The van der Waals surface area contributed by atoms with Gasteiger partial charge in [-0.2, -0.15) is 0 Å². The van der Waals surface area contributed by atoms with Crippen LogP contribution in [0.4, 0.5) is 0 Å². The van der Waals surface area contributed by atoms with Gasteiger partial charge in [0.1, 0.15) is 12.4 Å². The molecular formula is C18H25IN4O3. The molecule has 1 amide bonds. The Labute approximate surface area is 170 Å². The van der Waals surface area contributed by atoms with Crippen molar-refractivity contribution in [3.8, 4) is 5.75 Å². The zero-order chi connectivity index (χ0) is 17.7. The van der Waals surface area contributed by atoms with Gasteiger partial charge in [0.15, 0.2) is 11.7 Å². The lowest BCUT2D eigenvalue weighted by Gasteiger charge is -2.12. The molecule has 0 bridgehead atoms. The van der Waals surface area contributed by atoms with E-state index >= 15 is 0 Å². The number of hydrogen-bond donors (Lipinski definition) is 3. The summed E-state index contributed by atoms with van der Waals surface area (Å²) in [6, 6.07) is 13.0. The van der Waals surface area contributed by atoms with Crippen LogP contribution < -0.4 is 20.7 Å². The number of halogens is 1. The number of furan rings is 1. The van der Waals surface area contributed by atoms with E-state index in [0.717, 1.165) is 12.3 Å². The lowest BCUT2D eigenvalue weighted by Crippen LogP contribution is -2.40. The van der Waals surface area contributed by atoms with E-state index < -0.39 is 0 Å². The highest BCUT2D eigenvalue weighted by Gasteiger charge is 2.06. The van der Waals surface area contributed by atoms with E-state index in [2.05, 4.69) is 20.9 Å². The summed E-state index contributed by atoms with van der Waals surface area (Å²) in [5.74, 6) is 1.58. The first-order valence-electron chi connectivity index (χ1n) is 8.31. The number of amides is 1. The summed E-state index contributed by atoms with van der Waals surface area (Å²) < 4.78 is 10.6. The number of ether oxygens (including phenoxy) is 1. The first kappa shape index (κ1) is 21.8. The van der Waals surface area contributed by atoms with Crippen LogP contribution in [-0.2, 0) is 0 Å². The van der Waals surface area contributed by atoms with Gasteiger partial charge in [0.05, 0.1) is 19.4 Å². The van der Waals surface area contributed by atoms with Crippen LogP contribution >= 0.6 is 24.0 Å². The highest BCUT2D eigenvalue weighted by molar-refractivity contribution is 14.0. The average molecular weight is 472 g/mol. The van der Waals surface area contributed by atoms with E-state index in [0.29, 0.717) is 38.0 Å². The van der Waals surface area contributed by atoms with Crippen LogP contribution in [0, 0.1) is 0 Å². The van der Waals surface area contributed by atoms with E-state index in [1.165, 1.54) is 6.26 Å². The number of aliphatic imine (C=N–C) groups is 1. The second-order valence-corrected chi connectivity index (χ2v) is 5.08. The molecule has 0 aliphatic rings. The molecule has 0 spiro atoms. The fourth-order valence-electron chi connectivity index (χ4n) is 2.03. The molecule has 0 atom stereocenters. The quantitative estimate of drug-likeness (QED) is 0.226. The van der Waals surface area contributed by atoms with E-state index in [1.807, 2.05) is 37.3 Å². The smallest absolute Gasteiger partial charge is 0.287 e. The summed E-state index contributed by atoms with van der Waals surface area (Å²) in [5, 5.41) is 9.09. The van der Waals surface area contributed by atoms with Crippen LogP contribution in [0.2, 0.25) is 0 Å². The van der Waals surface area contributed by atoms with Gasteiger partial charge < -0.3 is 25.1 Å². The van der Waals surface area contributed by atoms with Gasteiger partial charge in [-0.05, 0) is 31.2 Å². The lowest BCUT2D eigenvalue weighted by atomic mass is 10.3. The minimum absolute atomic E-state index is 0. The van der Waals surface area contributed by atoms with Crippen molar-refractivity contribution in [1.82, 2.24) is 16.0 Å². The Kier molecular flexibility index (Phi) is 10.9. The number of hydrogen-bond acceptors (Lipinski definition) is 4. The normalized spacial score (nSPS) is 10.6. The molecule has 2 rings (SSSR count). The average Bonchev–Trinajstić information content (AvgIpc) is 3.17. The van der Waals surface area contributed by atoms with Crippen molar-refractivity contribution >= 4 is 35.8 Å². The molecule has 26 heavy (non-hydrogen) atoms. The Hall–Kier alpha value is -2.23. The SMILES string of the molecule is CCNC(=NCCNC(=O)c1ccco1)NCCOc1ccccc1.I. The fraction of sp³-hybridized carbons (Fsp3) is 0.333. The first-order chi connectivity index (χ1) is 12.3. The molecule has 1 aromatic heterocycles. The molecule has 142 valence electrons. The molecule has 0 aliphatic heterocycles. The summed E-state index contributed by atoms with van der Waals surface area (Å²) in [6.07, 6.45) is 1.47. The first-order valence-corrected chi connectivity index (χ1v) is 8.31. The summed E-state index contributed by atoms with van der Waals surface area (Å²) in [6.45, 7) is 4.79. The Morgan fingerprint density at radius 3 is 2.58 bits per heavy atom. The molecule has 3 N–H and O–H groups in total. The van der Waals surface area contributed by atoms with Crippen molar-refractivity contribution < 1.29 is 13.9 Å². The maximum absolute atomic E-state index is 11.7. The second-order valence-electron chi connectivity index (χ2n) is 5.08. The van der Waals surface area contributed by atoms with E-state index in [4.69, 9.17) is 9.15 Å². The van der Waals surface area contributed by atoms with Crippen molar-refractivity contribution in [1.29, 1.82) is 0 Å². The topological polar surface area (TPSA) is 87.9 Å². The van der Waals surface area contributed by atoms with Gasteiger partial charge in [-0.1, -0.05) is 18.2 Å². The number of nitrogens with one attached hydrogen (secondary N) is 3. The van der Waals surface area contributed by atoms with Crippen molar-refractivity contribution in [3.63, 3.8) is 0 Å². The molecule has 0 fully saturated rings. The minimum atomic E-state index is -0.241. The highest BCUT2D eigenvalue weighted by Crippen LogP contribution is 2.07. The summed E-state index contributed by atoms with van der Waals surface area (Å²) in [5.41, 5.74) is 0. The number of carbonyl (C=O) groups is 1. The maximum Gasteiger partial charge on any atom is 0.287 e. The second kappa shape index (κ2) is 13.0. The third-order valence-electron chi connectivity index (χ3n) is 3.16. The minimum Gasteiger partial charge on any atom is -0.492 e. The third kappa shape index (κ3) is 8.24. The standard InChI is InChI=1S/C18H24N4O3.HI/c1-2-19-18(22-12-14-24-15-7-4-3-5-8-15)21-11-10-20-17(23)16-9-6-13-25-16;/h3-9,13H,2,10-12,14H2,1H3,(H,20,23)(H2,19,21,22);1H. The van der Waals surface area contributed by atoms with Gasteiger partial charge in [-0.15, -0.1) is 24.0 Å². The van der Waals surface area contributed by atoms with Crippen molar-refractivity contribution in [2.75, 3.05) is 32.8 Å². The van der Waals surface area contributed by atoms with Crippen molar-refractivity contribution in [3.05, 3.63) is 54.5 Å². The van der Waals surface area contributed by atoms with Crippen LogP contribution in [0.1, 0.15) is 17.5 Å². The molecule has 1 heterocycles. The molecule has 0 radical (unpaired) electrons. The predicted octanol–water partition coefficient (Wildman–Crippen LogP) is 2.26. The van der Waals surface area contributed by atoms with Crippen LogP contribution in [0.25, 0.3) is 0 Å². The molecule has 8 heteroatoms. The molecule has 0 aliphatic carbocycles. The Morgan fingerprint density at radius 1 is 1.08 bits per heavy atom. The molecular weight excluding hydrogens is 447 g/mol. The lowest BCUT2D eigenvalue weighted by molar-refractivity contribution is 0.0927. The Bertz CT molecular complexity index is 648. The molecule has 1 aromatic carbocycles. The summed E-state index contributed by atoms with van der Waals surface area (Å²) in [4.78, 5) is 16.1. The van der Waals surface area contributed by atoms with Gasteiger partial charge in [-0.25, -0.2) is 0 Å². The highest BCUT2D eigenvalue weighted by atomic mass is 127. The Morgan fingerprint density at radius 2 is 1.88 bits per heavy atom. The van der Waals surface area contributed by atoms with E-state index in [9.17, 15) is 4.79 Å². The van der Waals surface area contributed by atoms with Crippen LogP contribution in [0.15, 0.2) is 58.1 Å². The van der Waals surface area contributed by atoms with E-state index in [1.54, 1.807) is 12.1 Å².